The third kappa shape index (κ3) is 3.55. The molecule has 3 nitrogen and oxygen atoms in total. The molecule has 1 atom stereocenters. The highest BCUT2D eigenvalue weighted by Crippen LogP contribution is 2.30. The molecule has 2 heterocycles. The molecule has 1 unspecified atom stereocenters. The van der Waals surface area contributed by atoms with Crippen LogP contribution in [0.2, 0.25) is 0 Å². The van der Waals surface area contributed by atoms with Crippen molar-refractivity contribution in [2.75, 3.05) is 32.7 Å². The molecule has 0 saturated carbocycles. The first-order valence-corrected chi connectivity index (χ1v) is 8.95. The van der Waals surface area contributed by atoms with E-state index in [4.69, 9.17) is 5.73 Å². The smallest absolute Gasteiger partial charge is 0.0329 e. The van der Waals surface area contributed by atoms with E-state index in [9.17, 15) is 0 Å². The van der Waals surface area contributed by atoms with Gasteiger partial charge in [-0.2, -0.15) is 0 Å². The molecule has 0 spiro atoms. The van der Waals surface area contributed by atoms with E-state index >= 15 is 0 Å². The van der Waals surface area contributed by atoms with Crippen LogP contribution in [0.25, 0.3) is 0 Å². The molecule has 2 N–H and O–H groups in total. The molecule has 0 amide bonds. The minimum atomic E-state index is 0.279. The zero-order valence-corrected chi connectivity index (χ0v) is 13.7. The monoisotopic (exact) mass is 281 g/mol. The average Bonchev–Trinajstić information content (AvgIpc) is 2.54. The maximum atomic E-state index is 6.16. The summed E-state index contributed by atoms with van der Waals surface area (Å²) in [5, 5.41) is 0. The fourth-order valence-electron chi connectivity index (χ4n) is 4.39. The van der Waals surface area contributed by atoms with Crippen molar-refractivity contribution < 1.29 is 0 Å². The number of likely N-dealkylation sites (tertiary alicyclic amines) is 2. The van der Waals surface area contributed by atoms with Gasteiger partial charge < -0.3 is 10.6 Å². The molecule has 0 bridgehead atoms. The van der Waals surface area contributed by atoms with Gasteiger partial charge in [0.15, 0.2) is 0 Å². The second kappa shape index (κ2) is 7.77. The number of rotatable bonds is 6. The third-order valence-corrected chi connectivity index (χ3v) is 5.80. The van der Waals surface area contributed by atoms with Crippen LogP contribution in [0, 0.1) is 0 Å². The van der Waals surface area contributed by atoms with Gasteiger partial charge in [0.1, 0.15) is 0 Å². The summed E-state index contributed by atoms with van der Waals surface area (Å²) in [6, 6.07) is 0.848. The highest BCUT2D eigenvalue weighted by atomic mass is 15.2. The van der Waals surface area contributed by atoms with Gasteiger partial charge in [0, 0.05) is 31.2 Å². The Kier molecular flexibility index (Phi) is 6.31. The fourth-order valence-corrected chi connectivity index (χ4v) is 4.39. The summed E-state index contributed by atoms with van der Waals surface area (Å²) in [6.07, 6.45) is 10.7. The van der Waals surface area contributed by atoms with Crippen molar-refractivity contribution in [3.8, 4) is 0 Å². The van der Waals surface area contributed by atoms with E-state index in [1.54, 1.807) is 0 Å². The molecule has 2 aliphatic rings. The molecule has 0 aromatic heterocycles. The maximum absolute atomic E-state index is 6.16. The first-order chi connectivity index (χ1) is 9.75. The molecule has 0 radical (unpaired) electrons. The van der Waals surface area contributed by atoms with Crippen molar-refractivity contribution in [1.82, 2.24) is 9.80 Å². The number of nitrogens with two attached hydrogens (primary N) is 1. The molecule has 2 aliphatic heterocycles. The Hall–Kier alpha value is -0.120. The Morgan fingerprint density at radius 3 is 2.15 bits per heavy atom. The summed E-state index contributed by atoms with van der Waals surface area (Å²) < 4.78 is 0. The van der Waals surface area contributed by atoms with Crippen molar-refractivity contribution in [3.63, 3.8) is 0 Å². The molecule has 2 rings (SSSR count). The Morgan fingerprint density at radius 1 is 1.00 bits per heavy atom. The largest absolute Gasteiger partial charge is 0.329 e. The van der Waals surface area contributed by atoms with Crippen molar-refractivity contribution in [2.24, 2.45) is 5.73 Å². The summed E-state index contributed by atoms with van der Waals surface area (Å²) in [7, 11) is 0. The summed E-state index contributed by atoms with van der Waals surface area (Å²) in [6.45, 7) is 10.6. The van der Waals surface area contributed by atoms with Gasteiger partial charge in [-0.1, -0.05) is 26.7 Å². The van der Waals surface area contributed by atoms with Crippen LogP contribution in [-0.2, 0) is 0 Å². The van der Waals surface area contributed by atoms with E-state index in [1.165, 1.54) is 77.5 Å². The van der Waals surface area contributed by atoms with Crippen LogP contribution in [0.1, 0.15) is 65.2 Å². The zero-order chi connectivity index (χ0) is 14.4. The van der Waals surface area contributed by atoms with Crippen LogP contribution in [0.15, 0.2) is 0 Å². The summed E-state index contributed by atoms with van der Waals surface area (Å²) in [5.41, 5.74) is 6.44. The van der Waals surface area contributed by atoms with Crippen molar-refractivity contribution in [3.05, 3.63) is 0 Å². The Bertz CT molecular complexity index is 261. The topological polar surface area (TPSA) is 32.5 Å². The van der Waals surface area contributed by atoms with E-state index in [1.807, 2.05) is 0 Å². The van der Waals surface area contributed by atoms with Crippen molar-refractivity contribution in [2.45, 2.75) is 76.8 Å². The highest BCUT2D eigenvalue weighted by Gasteiger charge is 2.36. The van der Waals surface area contributed by atoms with Gasteiger partial charge in [0.25, 0.3) is 0 Å². The van der Waals surface area contributed by atoms with Crippen LogP contribution in [0.5, 0.6) is 0 Å². The molecule has 118 valence electrons. The average molecular weight is 281 g/mol. The standard InChI is InChI=1S/C17H35N3/c1-3-10-17(4-2,15-18)20-13-8-16(9-14-20)19-11-6-5-7-12-19/h16H,3-15,18H2,1-2H3. The van der Waals surface area contributed by atoms with Gasteiger partial charge in [-0.3, -0.25) is 4.90 Å². The molecule has 3 heteroatoms. The van der Waals surface area contributed by atoms with Gasteiger partial charge >= 0.3 is 0 Å². The second-order valence-electron chi connectivity index (χ2n) is 6.85. The zero-order valence-electron chi connectivity index (χ0n) is 13.7. The second-order valence-corrected chi connectivity index (χ2v) is 6.85. The predicted octanol–water partition coefficient (Wildman–Crippen LogP) is 2.84. The molecular formula is C17H35N3. The quantitative estimate of drug-likeness (QED) is 0.812. The van der Waals surface area contributed by atoms with Gasteiger partial charge in [0.2, 0.25) is 0 Å². The summed E-state index contributed by atoms with van der Waals surface area (Å²) >= 11 is 0. The van der Waals surface area contributed by atoms with Crippen molar-refractivity contribution in [1.29, 1.82) is 0 Å². The number of piperidine rings is 2. The normalized spacial score (nSPS) is 26.6. The molecule has 0 aliphatic carbocycles. The van der Waals surface area contributed by atoms with E-state index in [0.717, 1.165) is 12.6 Å². The predicted molar refractivity (Wildman–Crippen MR) is 87.0 cm³/mol. The maximum Gasteiger partial charge on any atom is 0.0329 e. The first-order valence-electron chi connectivity index (χ1n) is 8.95. The molecular weight excluding hydrogens is 246 g/mol. The molecule has 2 fully saturated rings. The SMILES string of the molecule is CCCC(CC)(CN)N1CCC(N2CCCCC2)CC1. The van der Waals surface area contributed by atoms with Crippen LogP contribution in [0.3, 0.4) is 0 Å². The lowest BCUT2D eigenvalue weighted by Gasteiger charge is -2.48. The lowest BCUT2D eigenvalue weighted by molar-refractivity contribution is 0.0212. The lowest BCUT2D eigenvalue weighted by Crippen LogP contribution is -2.58. The number of hydrogen-bond acceptors (Lipinski definition) is 3. The van der Waals surface area contributed by atoms with Crippen LogP contribution < -0.4 is 5.73 Å². The third-order valence-electron chi connectivity index (χ3n) is 5.80. The molecule has 20 heavy (non-hydrogen) atoms. The number of hydrogen-bond donors (Lipinski definition) is 1. The number of nitrogens with zero attached hydrogens (tertiary/aromatic N) is 2. The molecule has 0 aromatic rings. The molecule has 2 saturated heterocycles. The Morgan fingerprint density at radius 2 is 1.65 bits per heavy atom. The van der Waals surface area contributed by atoms with Gasteiger partial charge in [0.05, 0.1) is 0 Å². The minimum absolute atomic E-state index is 0.279. The molecule has 0 aromatic carbocycles. The van der Waals surface area contributed by atoms with Gasteiger partial charge in [-0.05, 0) is 51.6 Å². The van der Waals surface area contributed by atoms with E-state index < -0.39 is 0 Å². The highest BCUT2D eigenvalue weighted by molar-refractivity contribution is 4.94. The van der Waals surface area contributed by atoms with Crippen LogP contribution in [-0.4, -0.2) is 54.1 Å². The van der Waals surface area contributed by atoms with Crippen molar-refractivity contribution >= 4 is 0 Å². The van der Waals surface area contributed by atoms with E-state index in [0.29, 0.717) is 0 Å². The minimum Gasteiger partial charge on any atom is -0.329 e. The Labute approximate surface area is 125 Å². The lowest BCUT2D eigenvalue weighted by atomic mass is 9.86. The summed E-state index contributed by atoms with van der Waals surface area (Å²) in [4.78, 5) is 5.48. The fraction of sp³-hybridized carbons (Fsp3) is 1.00. The van der Waals surface area contributed by atoms with Gasteiger partial charge in [-0.25, -0.2) is 0 Å². The van der Waals surface area contributed by atoms with Crippen LogP contribution >= 0.6 is 0 Å². The van der Waals surface area contributed by atoms with Crippen LogP contribution in [0.4, 0.5) is 0 Å². The Balaban J connectivity index is 1.88. The van der Waals surface area contributed by atoms with Gasteiger partial charge in [-0.15, -0.1) is 0 Å². The summed E-state index contributed by atoms with van der Waals surface area (Å²) in [5.74, 6) is 0. The first kappa shape index (κ1) is 16.3. The van der Waals surface area contributed by atoms with E-state index in [-0.39, 0.29) is 5.54 Å². The van der Waals surface area contributed by atoms with E-state index in [2.05, 4.69) is 23.6 Å².